The second kappa shape index (κ2) is 7.90. The Morgan fingerprint density at radius 3 is 2.50 bits per heavy atom. The van der Waals surface area contributed by atoms with Crippen LogP contribution in [0.25, 0.3) is 0 Å². The summed E-state index contributed by atoms with van der Waals surface area (Å²) in [6, 6.07) is 17.3. The summed E-state index contributed by atoms with van der Waals surface area (Å²) < 4.78 is 5.48. The fourth-order valence-corrected chi connectivity index (χ4v) is 1.98. The molecule has 0 heterocycles. The van der Waals surface area contributed by atoms with Gasteiger partial charge in [-0.3, -0.25) is 0 Å². The van der Waals surface area contributed by atoms with Gasteiger partial charge in [0.15, 0.2) is 0 Å². The van der Waals surface area contributed by atoms with Gasteiger partial charge in [0.2, 0.25) is 0 Å². The first-order valence-electron chi connectivity index (χ1n) is 6.56. The van der Waals surface area contributed by atoms with Gasteiger partial charge in [0.25, 0.3) is 0 Å². The van der Waals surface area contributed by atoms with Crippen LogP contribution >= 0.6 is 11.6 Å². The molecule has 0 radical (unpaired) electrons. The summed E-state index contributed by atoms with van der Waals surface area (Å²) in [5.74, 6) is 0.594. The maximum absolute atomic E-state index is 9.85. The molecule has 0 fully saturated rings. The van der Waals surface area contributed by atoms with E-state index in [1.54, 1.807) is 12.1 Å². The molecule has 0 aliphatic rings. The van der Waals surface area contributed by atoms with Crippen LogP contribution in [0.4, 0.5) is 0 Å². The molecule has 0 amide bonds. The van der Waals surface area contributed by atoms with Crippen molar-refractivity contribution >= 4 is 11.6 Å². The maximum atomic E-state index is 9.85. The van der Waals surface area contributed by atoms with Crippen LogP contribution in [0.5, 0.6) is 5.75 Å². The molecule has 0 bridgehead atoms. The number of hydrogen-bond acceptors (Lipinski definition) is 3. The van der Waals surface area contributed by atoms with Crippen LogP contribution in [-0.2, 0) is 6.54 Å². The van der Waals surface area contributed by atoms with Crippen molar-refractivity contribution in [3.05, 3.63) is 65.2 Å². The Morgan fingerprint density at radius 2 is 1.75 bits per heavy atom. The molecule has 2 aromatic rings. The lowest BCUT2D eigenvalue weighted by Gasteiger charge is -2.14. The first-order valence-corrected chi connectivity index (χ1v) is 6.93. The monoisotopic (exact) mass is 291 g/mol. The molecule has 0 spiro atoms. The minimum absolute atomic E-state index is 0.214. The van der Waals surface area contributed by atoms with Crippen molar-refractivity contribution in [3.8, 4) is 5.75 Å². The van der Waals surface area contributed by atoms with Crippen LogP contribution in [0, 0.1) is 0 Å². The fraction of sp³-hybridized carbons (Fsp3) is 0.250. The molecule has 0 aliphatic heterocycles. The Kier molecular flexibility index (Phi) is 5.87. The van der Waals surface area contributed by atoms with Gasteiger partial charge in [-0.05, 0) is 17.7 Å². The normalized spacial score (nSPS) is 12.1. The van der Waals surface area contributed by atoms with Crippen molar-refractivity contribution in [2.24, 2.45) is 0 Å². The van der Waals surface area contributed by atoms with Gasteiger partial charge < -0.3 is 15.2 Å². The van der Waals surface area contributed by atoms with Gasteiger partial charge in [-0.15, -0.1) is 0 Å². The molecule has 0 aromatic heterocycles. The predicted octanol–water partition coefficient (Wildman–Crippen LogP) is 2.87. The van der Waals surface area contributed by atoms with Crippen molar-refractivity contribution in [2.45, 2.75) is 12.6 Å². The van der Waals surface area contributed by atoms with Crippen molar-refractivity contribution in [2.75, 3.05) is 13.2 Å². The van der Waals surface area contributed by atoms with Gasteiger partial charge in [-0.25, -0.2) is 0 Å². The van der Waals surface area contributed by atoms with Crippen molar-refractivity contribution in [1.29, 1.82) is 0 Å². The molecule has 1 unspecified atom stereocenters. The van der Waals surface area contributed by atoms with E-state index in [9.17, 15) is 5.11 Å². The molecule has 20 heavy (non-hydrogen) atoms. The van der Waals surface area contributed by atoms with E-state index in [2.05, 4.69) is 5.32 Å². The number of hydrogen-bond donors (Lipinski definition) is 2. The smallest absolute Gasteiger partial charge is 0.138 e. The summed E-state index contributed by atoms with van der Waals surface area (Å²) in [7, 11) is 0. The van der Waals surface area contributed by atoms with Gasteiger partial charge in [-0.2, -0.15) is 0 Å². The molecule has 3 nitrogen and oxygen atoms in total. The summed E-state index contributed by atoms with van der Waals surface area (Å²) in [6.07, 6.45) is -0.574. The number of aliphatic hydroxyl groups is 1. The zero-order valence-corrected chi connectivity index (χ0v) is 11.9. The summed E-state index contributed by atoms with van der Waals surface area (Å²) >= 11 is 5.97. The Labute approximate surface area is 124 Å². The van der Waals surface area contributed by atoms with Crippen molar-refractivity contribution in [1.82, 2.24) is 5.32 Å². The quantitative estimate of drug-likeness (QED) is 0.824. The number of aliphatic hydroxyl groups excluding tert-OH is 1. The van der Waals surface area contributed by atoms with Gasteiger partial charge in [0, 0.05) is 13.1 Å². The average molecular weight is 292 g/mol. The van der Waals surface area contributed by atoms with Crippen LogP contribution in [0.1, 0.15) is 5.56 Å². The van der Waals surface area contributed by atoms with Crippen molar-refractivity contribution in [3.63, 3.8) is 0 Å². The molecule has 1 atom stereocenters. The van der Waals surface area contributed by atoms with E-state index in [1.165, 1.54) is 5.56 Å². The highest BCUT2D eigenvalue weighted by atomic mass is 35.5. The third-order valence-corrected chi connectivity index (χ3v) is 3.13. The molecule has 2 rings (SSSR count). The zero-order chi connectivity index (χ0) is 14.2. The number of nitrogens with one attached hydrogen (secondary N) is 1. The average Bonchev–Trinajstić information content (AvgIpc) is 2.47. The lowest BCUT2D eigenvalue weighted by Crippen LogP contribution is -2.31. The number of rotatable bonds is 7. The van der Waals surface area contributed by atoms with Gasteiger partial charge >= 0.3 is 0 Å². The van der Waals surface area contributed by atoms with E-state index < -0.39 is 6.10 Å². The van der Waals surface area contributed by atoms with E-state index in [1.807, 2.05) is 42.5 Å². The van der Waals surface area contributed by atoms with Crippen LogP contribution in [0.2, 0.25) is 5.02 Å². The lowest BCUT2D eigenvalue weighted by atomic mass is 10.2. The van der Waals surface area contributed by atoms with E-state index >= 15 is 0 Å². The maximum Gasteiger partial charge on any atom is 0.138 e. The number of para-hydroxylation sites is 1. The summed E-state index contributed by atoms with van der Waals surface area (Å²) in [5.41, 5.74) is 1.19. The minimum atomic E-state index is -0.574. The third kappa shape index (κ3) is 4.85. The Balaban J connectivity index is 1.68. The molecule has 106 valence electrons. The van der Waals surface area contributed by atoms with Gasteiger partial charge in [-0.1, -0.05) is 54.1 Å². The van der Waals surface area contributed by atoms with Gasteiger partial charge in [0.1, 0.15) is 18.5 Å². The molecular formula is C16H18ClNO2. The first kappa shape index (κ1) is 14.9. The highest BCUT2D eigenvalue weighted by molar-refractivity contribution is 6.32. The Hall–Kier alpha value is -1.55. The minimum Gasteiger partial charge on any atom is -0.489 e. The molecule has 2 N–H and O–H groups in total. The summed E-state index contributed by atoms with van der Waals surface area (Å²) in [6.45, 7) is 1.41. The molecular weight excluding hydrogens is 274 g/mol. The highest BCUT2D eigenvalue weighted by Crippen LogP contribution is 2.22. The molecule has 0 saturated carbocycles. The van der Waals surface area contributed by atoms with E-state index in [0.29, 0.717) is 17.3 Å². The molecule has 0 aliphatic carbocycles. The fourth-order valence-electron chi connectivity index (χ4n) is 1.79. The Morgan fingerprint density at radius 1 is 1.05 bits per heavy atom. The topological polar surface area (TPSA) is 41.5 Å². The third-order valence-electron chi connectivity index (χ3n) is 2.82. The largest absolute Gasteiger partial charge is 0.489 e. The molecule has 0 saturated heterocycles. The van der Waals surface area contributed by atoms with Gasteiger partial charge in [0.05, 0.1) is 5.02 Å². The molecule has 2 aromatic carbocycles. The van der Waals surface area contributed by atoms with E-state index in [4.69, 9.17) is 16.3 Å². The van der Waals surface area contributed by atoms with E-state index in [0.717, 1.165) is 6.54 Å². The zero-order valence-electron chi connectivity index (χ0n) is 11.1. The van der Waals surface area contributed by atoms with Crippen molar-refractivity contribution < 1.29 is 9.84 Å². The second-order valence-electron chi connectivity index (χ2n) is 4.51. The van der Waals surface area contributed by atoms with Crippen LogP contribution < -0.4 is 10.1 Å². The van der Waals surface area contributed by atoms with Crippen LogP contribution in [0.15, 0.2) is 54.6 Å². The van der Waals surface area contributed by atoms with E-state index in [-0.39, 0.29) is 6.61 Å². The highest BCUT2D eigenvalue weighted by Gasteiger charge is 2.06. The number of halogens is 1. The predicted molar refractivity (Wildman–Crippen MR) is 81.1 cm³/mol. The van der Waals surface area contributed by atoms with Crippen LogP contribution in [0.3, 0.4) is 0 Å². The van der Waals surface area contributed by atoms with Crippen LogP contribution in [-0.4, -0.2) is 24.4 Å². The second-order valence-corrected chi connectivity index (χ2v) is 4.92. The summed E-state index contributed by atoms with van der Waals surface area (Å²) in [5, 5.41) is 13.6. The number of ether oxygens (including phenoxy) is 1. The lowest BCUT2D eigenvalue weighted by molar-refractivity contribution is 0.106. The molecule has 4 heteroatoms. The number of benzene rings is 2. The first-order chi connectivity index (χ1) is 9.75. The summed E-state index contributed by atoms with van der Waals surface area (Å²) in [4.78, 5) is 0. The SMILES string of the molecule is OC(CNCc1ccccc1)COc1ccccc1Cl. The standard InChI is InChI=1S/C16H18ClNO2/c17-15-8-4-5-9-16(15)20-12-14(19)11-18-10-13-6-2-1-3-7-13/h1-9,14,18-19H,10-12H2. The Bertz CT molecular complexity index is 519.